The van der Waals surface area contributed by atoms with E-state index in [1.165, 1.54) is 19.2 Å². The molecule has 0 radical (unpaired) electrons. The molecule has 0 bridgehead atoms. The van der Waals surface area contributed by atoms with Crippen LogP contribution >= 0.6 is 8.81 Å². The van der Waals surface area contributed by atoms with Crippen LogP contribution in [0.1, 0.15) is 36.7 Å². The summed E-state index contributed by atoms with van der Waals surface area (Å²) in [5.41, 5.74) is 1.63. The van der Waals surface area contributed by atoms with Gasteiger partial charge in [-0.05, 0) is 43.2 Å². The average Bonchev–Trinajstić information content (AvgIpc) is 2.86. The largest absolute Gasteiger partial charge is 0.462 e. The van der Waals surface area contributed by atoms with Crippen LogP contribution in [0.15, 0.2) is 47.8 Å². The molecule has 0 saturated carbocycles. The Hall–Kier alpha value is -3.45. The first-order valence-corrected chi connectivity index (χ1v) is 11.9. The molecule has 0 aliphatic carbocycles. The highest BCUT2D eigenvalue weighted by atomic mass is 31.1. The van der Waals surface area contributed by atoms with Crippen LogP contribution in [-0.4, -0.2) is 58.6 Å². The Morgan fingerprint density at radius 1 is 1.26 bits per heavy atom. The van der Waals surface area contributed by atoms with Crippen LogP contribution < -0.4 is 10.6 Å². The average molecular weight is 511 g/mol. The lowest BCUT2D eigenvalue weighted by atomic mass is 10.1. The maximum Gasteiger partial charge on any atom is 0.278 e. The quantitative estimate of drug-likeness (QED) is 0.105. The molecule has 192 valence electrons. The fourth-order valence-corrected chi connectivity index (χ4v) is 2.94. The van der Waals surface area contributed by atoms with Crippen LogP contribution in [0.3, 0.4) is 0 Å². The smallest absolute Gasteiger partial charge is 0.278 e. The molecule has 0 aliphatic heterocycles. The van der Waals surface area contributed by atoms with Gasteiger partial charge in [0.2, 0.25) is 0 Å². The summed E-state index contributed by atoms with van der Waals surface area (Å²) in [6.45, 7) is 6.79. The van der Waals surface area contributed by atoms with E-state index in [2.05, 4.69) is 26.7 Å². The van der Waals surface area contributed by atoms with Crippen LogP contribution in [0, 0.1) is 22.8 Å². The molecule has 2 unspecified atom stereocenters. The van der Waals surface area contributed by atoms with Gasteiger partial charge >= 0.3 is 0 Å². The second-order valence-corrected chi connectivity index (χ2v) is 7.11. The molecule has 5 N–H and O–H groups in total. The maximum atomic E-state index is 13.6. The first-order chi connectivity index (χ1) is 16.9. The molecule has 12 heteroatoms. The highest BCUT2D eigenvalue weighted by molar-refractivity contribution is 7.31. The Bertz CT molecular complexity index is 969. The highest BCUT2D eigenvalue weighted by Crippen LogP contribution is 2.19. The zero-order valence-corrected chi connectivity index (χ0v) is 21.1. The van der Waals surface area contributed by atoms with Gasteiger partial charge in [0, 0.05) is 39.8 Å². The molecule has 0 fully saturated rings. The van der Waals surface area contributed by atoms with Crippen molar-refractivity contribution < 1.29 is 29.2 Å². The lowest BCUT2D eigenvalue weighted by Crippen LogP contribution is -2.23. The minimum absolute atomic E-state index is 0.249. The predicted octanol–water partition coefficient (Wildman–Crippen LogP) is 4.18. The van der Waals surface area contributed by atoms with E-state index in [0.29, 0.717) is 34.7 Å². The van der Waals surface area contributed by atoms with Gasteiger partial charge in [-0.25, -0.2) is 9.45 Å². The van der Waals surface area contributed by atoms with Gasteiger partial charge in [-0.3, -0.25) is 10.0 Å². The van der Waals surface area contributed by atoms with E-state index in [1.54, 1.807) is 36.4 Å². The van der Waals surface area contributed by atoms with Crippen molar-refractivity contribution in [2.45, 2.75) is 26.9 Å². The number of nitrogens with zero attached hydrogens (tertiary/aromatic N) is 2. The molecule has 35 heavy (non-hydrogen) atoms. The number of halogens is 1. The molecule has 2 atom stereocenters. The second-order valence-electron chi connectivity index (χ2n) is 6.38. The molecular formula is C23H32FN4O6P. The number of hydroxylamine groups is 2. The minimum atomic E-state index is -0.566. The molecule has 0 aromatic heterocycles. The molecule has 1 amide bonds. The first kappa shape index (κ1) is 31.6. The summed E-state index contributed by atoms with van der Waals surface area (Å²) in [5.74, 6) is 1.43. The fraction of sp³-hybridized carbons (Fsp3) is 0.348. The van der Waals surface area contributed by atoms with Gasteiger partial charge in [0.15, 0.2) is 11.4 Å². The molecule has 0 aliphatic rings. The van der Waals surface area contributed by atoms with Crippen molar-refractivity contribution >= 4 is 26.1 Å². The van der Waals surface area contributed by atoms with Crippen LogP contribution in [-0.2, 0) is 4.84 Å². The Morgan fingerprint density at radius 2 is 1.94 bits per heavy atom. The van der Waals surface area contributed by atoms with Crippen molar-refractivity contribution in [2.75, 3.05) is 36.9 Å². The van der Waals surface area contributed by atoms with Crippen LogP contribution in [0.5, 0.6) is 0 Å². The standard InChI is InChI=1S/C11H17FN3O3P.C10H9NO3.C2H6/c1-2-13-11-4-3-8(5-10(11)12)14-6-9(7-19-17)18-15-16;1-11(14)10(13)9-5-3-2-4-8(9)6-7-12;1-2/h3-5,9,13-14,17,19H,2,6-7H2,1H3;2-5,12,14H,1H3;1-2H3. The van der Waals surface area contributed by atoms with E-state index < -0.39 is 12.0 Å². The van der Waals surface area contributed by atoms with Gasteiger partial charge < -0.3 is 25.5 Å². The van der Waals surface area contributed by atoms with E-state index in [4.69, 9.17) is 15.2 Å². The van der Waals surface area contributed by atoms with Gasteiger partial charge in [0.25, 0.3) is 5.91 Å². The lowest BCUT2D eigenvalue weighted by Gasteiger charge is -2.14. The zero-order valence-electron chi connectivity index (χ0n) is 20.1. The third kappa shape index (κ3) is 12.0. The summed E-state index contributed by atoms with van der Waals surface area (Å²) in [4.78, 5) is 34.7. The van der Waals surface area contributed by atoms with Crippen molar-refractivity contribution in [3.05, 3.63) is 64.3 Å². The number of aliphatic hydroxyl groups is 1. The van der Waals surface area contributed by atoms with Gasteiger partial charge in [-0.1, -0.05) is 26.0 Å². The Morgan fingerprint density at radius 3 is 2.49 bits per heavy atom. The van der Waals surface area contributed by atoms with E-state index >= 15 is 0 Å². The number of rotatable bonds is 10. The number of hydrogen-bond acceptors (Lipinski definition) is 9. The van der Waals surface area contributed by atoms with E-state index in [9.17, 15) is 14.1 Å². The van der Waals surface area contributed by atoms with E-state index in [0.717, 1.165) is 0 Å². The minimum Gasteiger partial charge on any atom is -0.462 e. The monoisotopic (exact) mass is 510 g/mol. The van der Waals surface area contributed by atoms with E-state index in [1.807, 2.05) is 20.8 Å². The molecule has 2 aromatic rings. The van der Waals surface area contributed by atoms with Crippen LogP contribution in [0.4, 0.5) is 15.8 Å². The molecule has 10 nitrogen and oxygen atoms in total. The van der Waals surface area contributed by atoms with Gasteiger partial charge in [0.05, 0.1) is 17.8 Å². The SMILES string of the molecule is CC.CCNc1ccc(NCC(CPO)ON=O)cc1F.CN(O)C(=O)c1ccccc1C#CO. The summed E-state index contributed by atoms with van der Waals surface area (Å²) >= 11 is 0. The van der Waals surface area contributed by atoms with Crippen molar-refractivity contribution in [1.29, 1.82) is 0 Å². The van der Waals surface area contributed by atoms with E-state index in [-0.39, 0.29) is 26.7 Å². The third-order valence-electron chi connectivity index (χ3n) is 4.02. The summed E-state index contributed by atoms with van der Waals surface area (Å²) in [6, 6.07) is 11.1. The molecule has 0 saturated heterocycles. The van der Waals surface area contributed by atoms with Gasteiger partial charge in [-0.2, -0.15) is 0 Å². The van der Waals surface area contributed by atoms with Gasteiger partial charge in [-0.15, -0.1) is 4.91 Å². The normalized spacial score (nSPS) is 10.4. The first-order valence-electron chi connectivity index (χ1n) is 10.7. The Kier molecular flexibility index (Phi) is 17.1. The molecule has 2 aromatic carbocycles. The van der Waals surface area contributed by atoms with Crippen LogP contribution in [0.25, 0.3) is 0 Å². The summed E-state index contributed by atoms with van der Waals surface area (Å²) in [6.07, 6.45) is 1.49. The number of carbonyl (C=O) groups excluding carboxylic acids is 1. The Balaban J connectivity index is 0.000000641. The molecule has 0 heterocycles. The van der Waals surface area contributed by atoms with Gasteiger partial charge in [0.1, 0.15) is 11.9 Å². The molecule has 0 spiro atoms. The second kappa shape index (κ2) is 18.9. The topological polar surface area (TPSA) is 144 Å². The highest BCUT2D eigenvalue weighted by Gasteiger charge is 2.12. The van der Waals surface area contributed by atoms with Crippen LogP contribution in [0.2, 0.25) is 0 Å². The number of anilines is 2. The Labute approximate surface area is 206 Å². The molecular weight excluding hydrogens is 478 g/mol. The maximum absolute atomic E-state index is 13.6. The van der Waals surface area contributed by atoms with Crippen molar-refractivity contribution in [3.8, 4) is 12.0 Å². The number of aliphatic hydroxyl groups excluding tert-OH is 1. The zero-order chi connectivity index (χ0) is 26.6. The number of carbonyl (C=O) groups is 1. The van der Waals surface area contributed by atoms with Crippen molar-refractivity contribution in [3.63, 3.8) is 0 Å². The summed E-state index contributed by atoms with van der Waals surface area (Å²) in [7, 11) is 0.891. The third-order valence-corrected chi connectivity index (χ3v) is 4.66. The number of nitrogens with one attached hydrogen (secondary N) is 2. The summed E-state index contributed by atoms with van der Waals surface area (Å²) in [5, 5.41) is 26.0. The lowest BCUT2D eigenvalue weighted by molar-refractivity contribution is -0.0375. The molecule has 2 rings (SSSR count). The summed E-state index contributed by atoms with van der Waals surface area (Å²) < 4.78 is 13.6. The number of amides is 1. The van der Waals surface area contributed by atoms with Crippen molar-refractivity contribution in [1.82, 2.24) is 5.06 Å². The predicted molar refractivity (Wildman–Crippen MR) is 136 cm³/mol. The number of hydrogen-bond donors (Lipinski definition) is 5. The van der Waals surface area contributed by atoms with Crippen molar-refractivity contribution in [2.24, 2.45) is 5.34 Å². The number of benzene rings is 2. The fourth-order valence-electron chi connectivity index (χ4n) is 2.51.